The molecule has 1 unspecified atom stereocenters. The van der Waals surface area contributed by atoms with Crippen LogP contribution in [0, 0.1) is 11.6 Å². The average Bonchev–Trinajstić information content (AvgIpc) is 2.81. The minimum Gasteiger partial charge on any atom is -0.323 e. The third-order valence-corrected chi connectivity index (χ3v) is 2.72. The van der Waals surface area contributed by atoms with E-state index in [0.717, 1.165) is 24.6 Å². The Kier molecular flexibility index (Phi) is 3.66. The minimum atomic E-state index is -0.475. The van der Waals surface area contributed by atoms with Crippen molar-refractivity contribution in [1.29, 1.82) is 0 Å². The third-order valence-electron chi connectivity index (χ3n) is 2.72. The SMILES string of the molecule is CCC(N)c1cn(Cc2cc(F)ccc2F)nn1. The van der Waals surface area contributed by atoms with E-state index >= 15 is 0 Å². The zero-order valence-corrected chi connectivity index (χ0v) is 9.98. The lowest BCUT2D eigenvalue weighted by molar-refractivity contribution is 0.560. The molecule has 2 rings (SSSR count). The number of hydrogen-bond donors (Lipinski definition) is 1. The first-order valence-electron chi connectivity index (χ1n) is 5.69. The lowest BCUT2D eigenvalue weighted by atomic mass is 10.2. The number of halogens is 2. The molecule has 18 heavy (non-hydrogen) atoms. The van der Waals surface area contributed by atoms with Crippen molar-refractivity contribution in [3.63, 3.8) is 0 Å². The molecule has 2 aromatic rings. The Morgan fingerprint density at radius 1 is 1.39 bits per heavy atom. The number of aromatic nitrogens is 3. The van der Waals surface area contributed by atoms with Gasteiger partial charge in [-0.3, -0.25) is 0 Å². The van der Waals surface area contributed by atoms with Crippen LogP contribution in [-0.2, 0) is 6.54 Å². The van der Waals surface area contributed by atoms with Crippen LogP contribution in [0.3, 0.4) is 0 Å². The van der Waals surface area contributed by atoms with Gasteiger partial charge in [-0.15, -0.1) is 5.10 Å². The van der Waals surface area contributed by atoms with Crippen LogP contribution in [-0.4, -0.2) is 15.0 Å². The summed E-state index contributed by atoms with van der Waals surface area (Å²) in [7, 11) is 0. The largest absolute Gasteiger partial charge is 0.323 e. The van der Waals surface area contributed by atoms with Crippen molar-refractivity contribution >= 4 is 0 Å². The maximum absolute atomic E-state index is 13.4. The lowest BCUT2D eigenvalue weighted by Crippen LogP contribution is -2.09. The van der Waals surface area contributed by atoms with Crippen molar-refractivity contribution in [3.8, 4) is 0 Å². The second kappa shape index (κ2) is 5.22. The normalized spacial score (nSPS) is 12.7. The fourth-order valence-corrected chi connectivity index (χ4v) is 1.61. The number of benzene rings is 1. The number of nitrogens with zero attached hydrogens (tertiary/aromatic N) is 3. The summed E-state index contributed by atoms with van der Waals surface area (Å²) >= 11 is 0. The highest BCUT2D eigenvalue weighted by Crippen LogP contribution is 2.13. The van der Waals surface area contributed by atoms with Crippen molar-refractivity contribution in [2.75, 3.05) is 0 Å². The van der Waals surface area contributed by atoms with E-state index in [1.165, 1.54) is 4.68 Å². The molecule has 0 amide bonds. The van der Waals surface area contributed by atoms with Gasteiger partial charge in [-0.2, -0.15) is 0 Å². The van der Waals surface area contributed by atoms with Crippen LogP contribution in [0.1, 0.15) is 30.6 Å². The van der Waals surface area contributed by atoms with Gasteiger partial charge >= 0.3 is 0 Å². The van der Waals surface area contributed by atoms with E-state index in [4.69, 9.17) is 5.73 Å². The molecule has 2 N–H and O–H groups in total. The molecule has 96 valence electrons. The van der Waals surface area contributed by atoms with Gasteiger partial charge < -0.3 is 5.73 Å². The Morgan fingerprint density at radius 3 is 2.89 bits per heavy atom. The molecule has 1 aromatic heterocycles. The molecular weight excluding hydrogens is 238 g/mol. The van der Waals surface area contributed by atoms with Crippen molar-refractivity contribution in [3.05, 3.63) is 47.3 Å². The lowest BCUT2D eigenvalue weighted by Gasteiger charge is -2.03. The second-order valence-electron chi connectivity index (χ2n) is 4.09. The van der Waals surface area contributed by atoms with Gasteiger partial charge in [0, 0.05) is 5.56 Å². The van der Waals surface area contributed by atoms with Crippen LogP contribution in [0.2, 0.25) is 0 Å². The van der Waals surface area contributed by atoms with E-state index in [2.05, 4.69) is 10.3 Å². The maximum atomic E-state index is 13.4. The van der Waals surface area contributed by atoms with Gasteiger partial charge in [-0.1, -0.05) is 12.1 Å². The summed E-state index contributed by atoms with van der Waals surface area (Å²) in [6.07, 6.45) is 2.39. The van der Waals surface area contributed by atoms with Crippen LogP contribution in [0.25, 0.3) is 0 Å². The van der Waals surface area contributed by atoms with E-state index in [9.17, 15) is 8.78 Å². The van der Waals surface area contributed by atoms with E-state index in [1.54, 1.807) is 6.20 Å². The van der Waals surface area contributed by atoms with Crippen molar-refractivity contribution in [2.24, 2.45) is 5.73 Å². The fourth-order valence-electron chi connectivity index (χ4n) is 1.61. The highest BCUT2D eigenvalue weighted by Gasteiger charge is 2.10. The van der Waals surface area contributed by atoms with Crippen LogP contribution in [0.4, 0.5) is 8.78 Å². The molecule has 6 heteroatoms. The van der Waals surface area contributed by atoms with Crippen LogP contribution in [0.15, 0.2) is 24.4 Å². The molecule has 0 bridgehead atoms. The molecule has 0 fully saturated rings. The summed E-state index contributed by atoms with van der Waals surface area (Å²) in [5.74, 6) is -0.940. The van der Waals surface area contributed by atoms with Gasteiger partial charge in [0.15, 0.2) is 0 Å². The third kappa shape index (κ3) is 2.70. The molecule has 0 aliphatic rings. The van der Waals surface area contributed by atoms with Gasteiger partial charge in [-0.25, -0.2) is 13.5 Å². The average molecular weight is 252 g/mol. The molecule has 1 aromatic carbocycles. The zero-order chi connectivity index (χ0) is 13.1. The summed E-state index contributed by atoms with van der Waals surface area (Å²) in [6.45, 7) is 2.07. The standard InChI is InChI=1S/C12H14F2N4/c1-2-11(15)12-7-18(17-16-12)6-8-5-9(13)3-4-10(8)14/h3-5,7,11H,2,6,15H2,1H3. The van der Waals surface area contributed by atoms with Gasteiger partial charge in [0.1, 0.15) is 11.6 Å². The van der Waals surface area contributed by atoms with Crippen LogP contribution >= 0.6 is 0 Å². The van der Waals surface area contributed by atoms with Crippen LogP contribution in [0.5, 0.6) is 0 Å². The molecular formula is C12H14F2N4. The Balaban J connectivity index is 2.18. The van der Waals surface area contributed by atoms with Gasteiger partial charge in [0.05, 0.1) is 24.5 Å². The van der Waals surface area contributed by atoms with Gasteiger partial charge in [0.25, 0.3) is 0 Å². The molecule has 0 aliphatic carbocycles. The molecule has 0 saturated heterocycles. The summed E-state index contributed by atoms with van der Waals surface area (Å²) in [5.41, 5.74) is 6.69. The monoisotopic (exact) mass is 252 g/mol. The first-order chi connectivity index (χ1) is 8.60. The molecule has 1 atom stereocenters. The number of nitrogens with two attached hydrogens (primary N) is 1. The van der Waals surface area contributed by atoms with Gasteiger partial charge in [0.2, 0.25) is 0 Å². The van der Waals surface area contributed by atoms with Crippen molar-refractivity contribution in [2.45, 2.75) is 25.9 Å². The predicted molar refractivity (Wildman–Crippen MR) is 62.7 cm³/mol. The second-order valence-corrected chi connectivity index (χ2v) is 4.09. The predicted octanol–water partition coefficient (Wildman–Crippen LogP) is 2.01. The summed E-state index contributed by atoms with van der Waals surface area (Å²) in [5, 5.41) is 7.76. The first kappa shape index (κ1) is 12.6. The minimum absolute atomic E-state index is 0.132. The first-order valence-corrected chi connectivity index (χ1v) is 5.69. The highest BCUT2D eigenvalue weighted by molar-refractivity contribution is 5.19. The van der Waals surface area contributed by atoms with E-state index in [1.807, 2.05) is 6.92 Å². The van der Waals surface area contributed by atoms with Crippen molar-refractivity contribution in [1.82, 2.24) is 15.0 Å². The summed E-state index contributed by atoms with van der Waals surface area (Å²) < 4.78 is 27.9. The molecule has 4 nitrogen and oxygen atoms in total. The maximum Gasteiger partial charge on any atom is 0.128 e. The Morgan fingerprint density at radius 2 is 2.17 bits per heavy atom. The van der Waals surface area contributed by atoms with E-state index in [0.29, 0.717) is 5.69 Å². The van der Waals surface area contributed by atoms with E-state index < -0.39 is 11.6 Å². The summed E-state index contributed by atoms with van der Waals surface area (Å²) in [4.78, 5) is 0. The smallest absolute Gasteiger partial charge is 0.128 e. The molecule has 0 radical (unpaired) electrons. The van der Waals surface area contributed by atoms with Gasteiger partial charge in [-0.05, 0) is 24.6 Å². The Bertz CT molecular complexity index is 539. The number of rotatable bonds is 4. The zero-order valence-electron chi connectivity index (χ0n) is 9.98. The topological polar surface area (TPSA) is 56.7 Å². The van der Waals surface area contributed by atoms with E-state index in [-0.39, 0.29) is 18.2 Å². The Labute approximate surface area is 103 Å². The molecule has 0 aliphatic heterocycles. The van der Waals surface area contributed by atoms with Crippen LogP contribution < -0.4 is 5.73 Å². The number of hydrogen-bond acceptors (Lipinski definition) is 3. The molecule has 1 heterocycles. The molecule has 0 saturated carbocycles. The fraction of sp³-hybridized carbons (Fsp3) is 0.333. The van der Waals surface area contributed by atoms with Crippen molar-refractivity contribution < 1.29 is 8.78 Å². The highest BCUT2D eigenvalue weighted by atomic mass is 19.1. The Hall–Kier alpha value is -1.82. The quantitative estimate of drug-likeness (QED) is 0.905. The molecule has 0 spiro atoms. The summed E-state index contributed by atoms with van der Waals surface area (Å²) in [6, 6.07) is 3.14.